The van der Waals surface area contributed by atoms with E-state index >= 15 is 0 Å². The van der Waals surface area contributed by atoms with Gasteiger partial charge in [-0.15, -0.1) is 0 Å². The molecule has 0 aliphatic carbocycles. The monoisotopic (exact) mass is 447 g/mol. The highest BCUT2D eigenvalue weighted by Crippen LogP contribution is 2.39. The van der Waals surface area contributed by atoms with Crippen molar-refractivity contribution in [2.75, 3.05) is 39.2 Å². The molecule has 0 unspecified atom stereocenters. The number of thiazole rings is 1. The zero-order valence-electron chi connectivity index (χ0n) is 17.8. The maximum atomic E-state index is 13.4. The van der Waals surface area contributed by atoms with Gasteiger partial charge < -0.3 is 14.4 Å². The summed E-state index contributed by atoms with van der Waals surface area (Å²) in [7, 11) is 5.54. The second-order valence-corrected chi connectivity index (χ2v) is 8.76. The third kappa shape index (κ3) is 5.03. The third-order valence-corrected chi connectivity index (χ3v) is 5.93. The molecular formula is C22H26ClN3O3S. The minimum atomic E-state index is -0.123. The Kier molecular flexibility index (Phi) is 7.18. The quantitative estimate of drug-likeness (QED) is 0.488. The fourth-order valence-corrected chi connectivity index (χ4v) is 4.19. The van der Waals surface area contributed by atoms with E-state index in [0.717, 1.165) is 10.4 Å². The summed E-state index contributed by atoms with van der Waals surface area (Å²) in [6, 6.07) is 10.8. The summed E-state index contributed by atoms with van der Waals surface area (Å²) >= 11 is 7.76. The number of hydrogen-bond acceptors (Lipinski definition) is 6. The molecule has 0 bridgehead atoms. The normalized spacial score (nSPS) is 11.3. The molecule has 0 saturated heterocycles. The lowest BCUT2D eigenvalue weighted by molar-refractivity contribution is 0.0985. The maximum absolute atomic E-state index is 13.4. The molecule has 160 valence electrons. The number of carbonyl (C=O) groups is 1. The first-order valence-electron chi connectivity index (χ1n) is 9.66. The molecule has 0 saturated carbocycles. The van der Waals surface area contributed by atoms with Crippen molar-refractivity contribution in [3.05, 3.63) is 47.0 Å². The topological polar surface area (TPSA) is 54.9 Å². The first-order valence-corrected chi connectivity index (χ1v) is 10.9. The summed E-state index contributed by atoms with van der Waals surface area (Å²) in [6.45, 7) is 5.13. The molecule has 0 aliphatic heterocycles. The number of fused-ring (bicyclic) bond motifs is 1. The zero-order valence-corrected chi connectivity index (χ0v) is 19.4. The highest BCUT2D eigenvalue weighted by molar-refractivity contribution is 7.23. The van der Waals surface area contributed by atoms with E-state index in [4.69, 9.17) is 26.1 Å². The summed E-state index contributed by atoms with van der Waals surface area (Å²) in [5, 5.41) is 1.18. The van der Waals surface area contributed by atoms with Crippen LogP contribution in [-0.4, -0.2) is 56.2 Å². The highest BCUT2D eigenvalue weighted by Gasteiger charge is 2.23. The van der Waals surface area contributed by atoms with Crippen molar-refractivity contribution in [3.63, 3.8) is 0 Å². The Hall–Kier alpha value is -2.35. The van der Waals surface area contributed by atoms with Crippen LogP contribution in [0.3, 0.4) is 0 Å². The van der Waals surface area contributed by atoms with E-state index in [2.05, 4.69) is 0 Å². The van der Waals surface area contributed by atoms with Crippen molar-refractivity contribution >= 4 is 44.2 Å². The van der Waals surface area contributed by atoms with Gasteiger partial charge in [-0.25, -0.2) is 4.98 Å². The number of amides is 1. The minimum Gasteiger partial charge on any atom is -0.494 e. The lowest BCUT2D eigenvalue weighted by Crippen LogP contribution is -2.36. The smallest absolute Gasteiger partial charge is 0.260 e. The number of benzene rings is 2. The van der Waals surface area contributed by atoms with Crippen molar-refractivity contribution in [1.82, 2.24) is 9.88 Å². The standard InChI is InChI=1S/C22H26ClN3O3S/c1-14(2)29-16-8-6-15(7-9-16)21(27)26(13-12-25(3)4)22-24-19-18(28-5)11-10-17(23)20(19)30-22/h6-11,14H,12-13H2,1-5H3. The molecule has 0 N–H and O–H groups in total. The van der Waals surface area contributed by atoms with E-state index < -0.39 is 0 Å². The number of ether oxygens (including phenoxy) is 2. The van der Waals surface area contributed by atoms with Gasteiger partial charge >= 0.3 is 0 Å². The molecule has 8 heteroatoms. The van der Waals surface area contributed by atoms with Crippen molar-refractivity contribution in [2.24, 2.45) is 0 Å². The number of rotatable bonds is 8. The lowest BCUT2D eigenvalue weighted by Gasteiger charge is -2.22. The van der Waals surface area contributed by atoms with Crippen LogP contribution in [-0.2, 0) is 0 Å². The molecule has 0 atom stereocenters. The van der Waals surface area contributed by atoms with Gasteiger partial charge in [-0.2, -0.15) is 0 Å². The number of likely N-dealkylation sites (N-methyl/N-ethyl adjacent to an activating group) is 1. The first-order chi connectivity index (χ1) is 14.3. The SMILES string of the molecule is COc1ccc(Cl)c2sc(N(CCN(C)C)C(=O)c3ccc(OC(C)C)cc3)nc12. The predicted molar refractivity (Wildman–Crippen MR) is 124 cm³/mol. The third-order valence-electron chi connectivity index (χ3n) is 4.39. The van der Waals surface area contributed by atoms with Crippen LogP contribution in [0.4, 0.5) is 5.13 Å². The van der Waals surface area contributed by atoms with E-state index in [-0.39, 0.29) is 12.0 Å². The summed E-state index contributed by atoms with van der Waals surface area (Å²) in [5.74, 6) is 1.24. The molecule has 30 heavy (non-hydrogen) atoms. The Morgan fingerprint density at radius 2 is 1.83 bits per heavy atom. The molecule has 1 heterocycles. The van der Waals surface area contributed by atoms with Gasteiger partial charge in [-0.3, -0.25) is 9.69 Å². The maximum Gasteiger partial charge on any atom is 0.260 e. The van der Waals surface area contributed by atoms with E-state index in [1.54, 1.807) is 36.3 Å². The Balaban J connectivity index is 1.97. The molecule has 3 aromatic rings. The van der Waals surface area contributed by atoms with Gasteiger partial charge in [0, 0.05) is 18.7 Å². The van der Waals surface area contributed by atoms with Gasteiger partial charge in [0.05, 0.1) is 22.9 Å². The van der Waals surface area contributed by atoms with E-state index in [0.29, 0.717) is 40.1 Å². The van der Waals surface area contributed by atoms with Gasteiger partial charge in [0.2, 0.25) is 0 Å². The number of aromatic nitrogens is 1. The molecule has 0 radical (unpaired) electrons. The summed E-state index contributed by atoms with van der Waals surface area (Å²) in [6.07, 6.45) is 0.0746. The average Bonchev–Trinajstić information content (AvgIpc) is 3.14. The first kappa shape index (κ1) is 22.3. The van der Waals surface area contributed by atoms with E-state index in [9.17, 15) is 4.79 Å². The van der Waals surface area contributed by atoms with Gasteiger partial charge in [0.15, 0.2) is 5.13 Å². The predicted octanol–water partition coefficient (Wildman–Crippen LogP) is 4.95. The molecule has 2 aromatic carbocycles. The van der Waals surface area contributed by atoms with Crippen LogP contribution < -0.4 is 14.4 Å². The lowest BCUT2D eigenvalue weighted by atomic mass is 10.2. The molecule has 6 nitrogen and oxygen atoms in total. The summed E-state index contributed by atoms with van der Waals surface area (Å²) in [5.41, 5.74) is 1.23. The number of hydrogen-bond donors (Lipinski definition) is 0. The number of methoxy groups -OCH3 is 1. The molecule has 1 aromatic heterocycles. The van der Waals surface area contributed by atoms with Crippen LogP contribution in [0.15, 0.2) is 36.4 Å². The van der Waals surface area contributed by atoms with Gasteiger partial charge in [-0.1, -0.05) is 22.9 Å². The van der Waals surface area contributed by atoms with Gasteiger partial charge in [-0.05, 0) is 64.3 Å². The fraction of sp³-hybridized carbons (Fsp3) is 0.364. The number of nitrogens with zero attached hydrogens (tertiary/aromatic N) is 3. The minimum absolute atomic E-state index is 0.0746. The van der Waals surface area contributed by atoms with Crippen molar-refractivity contribution in [1.29, 1.82) is 0 Å². The van der Waals surface area contributed by atoms with Crippen molar-refractivity contribution in [2.45, 2.75) is 20.0 Å². The van der Waals surface area contributed by atoms with Crippen LogP contribution in [0.2, 0.25) is 5.02 Å². The number of carbonyl (C=O) groups excluding carboxylic acids is 1. The Morgan fingerprint density at radius 3 is 2.43 bits per heavy atom. The van der Waals surface area contributed by atoms with Gasteiger partial charge in [0.25, 0.3) is 5.91 Å². The fourth-order valence-electron chi connectivity index (χ4n) is 2.91. The van der Waals surface area contributed by atoms with Crippen LogP contribution in [0.25, 0.3) is 10.2 Å². The average molecular weight is 448 g/mol. The molecular weight excluding hydrogens is 422 g/mol. The largest absolute Gasteiger partial charge is 0.494 e. The Morgan fingerprint density at radius 1 is 1.13 bits per heavy atom. The molecule has 1 amide bonds. The van der Waals surface area contributed by atoms with Crippen LogP contribution in [0.1, 0.15) is 24.2 Å². The number of anilines is 1. The Labute approximate surface area is 186 Å². The van der Waals surface area contributed by atoms with Crippen molar-refractivity contribution < 1.29 is 14.3 Å². The van der Waals surface area contributed by atoms with Crippen molar-refractivity contribution in [3.8, 4) is 11.5 Å². The second-order valence-electron chi connectivity index (χ2n) is 7.37. The second kappa shape index (κ2) is 9.64. The molecule has 3 rings (SSSR count). The highest BCUT2D eigenvalue weighted by atomic mass is 35.5. The Bertz CT molecular complexity index is 1020. The van der Waals surface area contributed by atoms with Crippen LogP contribution in [0.5, 0.6) is 11.5 Å². The van der Waals surface area contributed by atoms with Crippen LogP contribution >= 0.6 is 22.9 Å². The zero-order chi connectivity index (χ0) is 21.8. The molecule has 0 aliphatic rings. The summed E-state index contributed by atoms with van der Waals surface area (Å²) in [4.78, 5) is 21.8. The van der Waals surface area contributed by atoms with E-state index in [1.165, 1.54) is 11.3 Å². The van der Waals surface area contributed by atoms with Gasteiger partial charge in [0.1, 0.15) is 17.0 Å². The van der Waals surface area contributed by atoms with Crippen LogP contribution in [0, 0.1) is 0 Å². The number of halogens is 1. The molecule has 0 fully saturated rings. The molecule has 0 spiro atoms. The van der Waals surface area contributed by atoms with E-state index in [1.807, 2.05) is 45.0 Å². The summed E-state index contributed by atoms with van der Waals surface area (Å²) < 4.78 is 11.9.